The van der Waals surface area contributed by atoms with Crippen molar-refractivity contribution in [2.24, 2.45) is 12.8 Å². The van der Waals surface area contributed by atoms with Crippen LogP contribution in [0.5, 0.6) is 0 Å². The Morgan fingerprint density at radius 1 is 1.33 bits per heavy atom. The summed E-state index contributed by atoms with van der Waals surface area (Å²) in [5, 5.41) is 1.72. The molecule has 0 saturated carbocycles. The molecule has 0 fully saturated rings. The summed E-state index contributed by atoms with van der Waals surface area (Å²) < 4.78 is 1.66. The number of aryl methyl sites for hydroxylation is 1. The van der Waals surface area contributed by atoms with Crippen molar-refractivity contribution in [2.75, 3.05) is 0 Å². The lowest BCUT2D eigenvalue weighted by Crippen LogP contribution is -2.18. The molecule has 2 rings (SSSR count). The number of nitrogens with two attached hydrogens (primary N) is 1. The first-order valence-electron chi connectivity index (χ1n) is 4.93. The fourth-order valence-electron chi connectivity index (χ4n) is 1.72. The van der Waals surface area contributed by atoms with Crippen LogP contribution in [0, 0.1) is 6.92 Å². The van der Waals surface area contributed by atoms with E-state index in [1.54, 1.807) is 11.6 Å². The van der Waals surface area contributed by atoms with E-state index in [1.165, 1.54) is 0 Å². The minimum Gasteiger partial charge on any atom is -0.326 e. The summed E-state index contributed by atoms with van der Waals surface area (Å²) in [5.74, 6) is 0. The van der Waals surface area contributed by atoms with Gasteiger partial charge in [0.25, 0.3) is 5.56 Å². The van der Waals surface area contributed by atoms with Crippen LogP contribution in [0.15, 0.2) is 29.1 Å². The van der Waals surface area contributed by atoms with Gasteiger partial charge in [0.05, 0.1) is 0 Å². The fourth-order valence-corrected chi connectivity index (χ4v) is 1.72. The van der Waals surface area contributed by atoms with Crippen molar-refractivity contribution in [3.05, 3.63) is 45.9 Å². The minimum absolute atomic E-state index is 0.0496. The van der Waals surface area contributed by atoms with Gasteiger partial charge >= 0.3 is 0 Å². The van der Waals surface area contributed by atoms with Crippen LogP contribution < -0.4 is 11.3 Å². The Morgan fingerprint density at radius 3 is 2.73 bits per heavy atom. The Balaban J connectivity index is 2.86. The maximum absolute atomic E-state index is 11.9. The Bertz CT molecular complexity index is 570. The number of fused-ring (bicyclic) bond motifs is 1. The predicted octanol–water partition coefficient (Wildman–Crippen LogP) is 1.31. The molecule has 0 amide bonds. The molecule has 0 spiro atoms. The summed E-state index contributed by atoms with van der Waals surface area (Å²) in [6, 6.07) is 7.73. The van der Waals surface area contributed by atoms with Gasteiger partial charge in [-0.2, -0.15) is 0 Å². The highest BCUT2D eigenvalue weighted by Gasteiger charge is 2.03. The highest BCUT2D eigenvalue weighted by atomic mass is 16.1. The molecule has 3 nitrogen and oxygen atoms in total. The van der Waals surface area contributed by atoms with E-state index in [2.05, 4.69) is 0 Å². The van der Waals surface area contributed by atoms with Gasteiger partial charge in [0, 0.05) is 24.7 Å². The fraction of sp³-hybridized carbons (Fsp3) is 0.250. The van der Waals surface area contributed by atoms with E-state index >= 15 is 0 Å². The molecule has 0 aliphatic heterocycles. The third kappa shape index (κ3) is 1.55. The predicted molar refractivity (Wildman–Crippen MR) is 61.8 cm³/mol. The van der Waals surface area contributed by atoms with Gasteiger partial charge < -0.3 is 10.3 Å². The second-order valence-electron chi connectivity index (χ2n) is 3.78. The molecule has 0 unspecified atom stereocenters. The Kier molecular flexibility index (Phi) is 2.32. The first-order chi connectivity index (χ1) is 7.13. The zero-order valence-electron chi connectivity index (χ0n) is 8.95. The summed E-state index contributed by atoms with van der Waals surface area (Å²) in [7, 11) is 1.79. The van der Waals surface area contributed by atoms with E-state index in [0.29, 0.717) is 6.54 Å². The van der Waals surface area contributed by atoms with Crippen molar-refractivity contribution in [1.82, 2.24) is 4.57 Å². The minimum atomic E-state index is 0.0496. The molecule has 2 aromatic rings. The van der Waals surface area contributed by atoms with E-state index in [-0.39, 0.29) is 5.56 Å². The largest absolute Gasteiger partial charge is 0.326 e. The van der Waals surface area contributed by atoms with E-state index < -0.39 is 0 Å². The monoisotopic (exact) mass is 202 g/mol. The van der Waals surface area contributed by atoms with Crippen LogP contribution in [0.4, 0.5) is 0 Å². The zero-order valence-corrected chi connectivity index (χ0v) is 8.95. The van der Waals surface area contributed by atoms with Gasteiger partial charge in [-0.3, -0.25) is 4.79 Å². The molecule has 1 aromatic carbocycles. The van der Waals surface area contributed by atoms with Gasteiger partial charge in [0.2, 0.25) is 0 Å². The third-order valence-corrected chi connectivity index (χ3v) is 2.78. The van der Waals surface area contributed by atoms with Gasteiger partial charge in [-0.05, 0) is 36.1 Å². The summed E-state index contributed by atoms with van der Waals surface area (Å²) in [6.07, 6.45) is 0. The molecular formula is C12H14N2O. The number of hydrogen-bond donors (Lipinski definition) is 1. The maximum atomic E-state index is 11.9. The summed E-state index contributed by atoms with van der Waals surface area (Å²) in [5.41, 5.74) is 7.62. The lowest BCUT2D eigenvalue weighted by atomic mass is 10.1. The van der Waals surface area contributed by atoms with Crippen LogP contribution in [0.2, 0.25) is 0 Å². The molecule has 0 atom stereocenters. The lowest BCUT2D eigenvalue weighted by molar-refractivity contribution is 0.830. The molecule has 1 heterocycles. The molecular weight excluding hydrogens is 188 g/mol. The maximum Gasteiger partial charge on any atom is 0.258 e. The second kappa shape index (κ2) is 3.51. The lowest BCUT2D eigenvalue weighted by Gasteiger charge is -2.06. The summed E-state index contributed by atoms with van der Waals surface area (Å²) in [6.45, 7) is 2.43. The number of benzene rings is 1. The number of nitrogens with zero attached hydrogens (tertiary/aromatic N) is 1. The zero-order chi connectivity index (χ0) is 11.0. The molecule has 78 valence electrons. The molecule has 15 heavy (non-hydrogen) atoms. The Hall–Kier alpha value is -1.61. The molecule has 0 radical (unpaired) electrons. The van der Waals surface area contributed by atoms with Crippen molar-refractivity contribution in [3.8, 4) is 0 Å². The van der Waals surface area contributed by atoms with Crippen LogP contribution in [0.1, 0.15) is 11.3 Å². The van der Waals surface area contributed by atoms with Crippen molar-refractivity contribution in [2.45, 2.75) is 13.5 Å². The highest BCUT2D eigenvalue weighted by molar-refractivity contribution is 5.82. The number of hydrogen-bond acceptors (Lipinski definition) is 2. The van der Waals surface area contributed by atoms with Gasteiger partial charge in [0.1, 0.15) is 0 Å². The standard InChI is InChI=1S/C12H14N2O/c1-8-5-10-6-9(7-13)3-4-11(10)12(15)14(8)2/h3-6H,7,13H2,1-2H3. The van der Waals surface area contributed by atoms with Gasteiger partial charge in [-0.1, -0.05) is 6.07 Å². The van der Waals surface area contributed by atoms with E-state index in [4.69, 9.17) is 5.73 Å². The SMILES string of the molecule is Cc1cc2cc(CN)ccc2c(=O)n1C. The normalized spacial score (nSPS) is 10.9. The molecule has 0 aliphatic rings. The quantitative estimate of drug-likeness (QED) is 0.757. The number of aromatic nitrogens is 1. The van der Waals surface area contributed by atoms with Crippen molar-refractivity contribution >= 4 is 10.8 Å². The molecule has 2 N–H and O–H groups in total. The summed E-state index contributed by atoms with van der Waals surface area (Å²) >= 11 is 0. The van der Waals surface area contributed by atoms with Crippen LogP contribution in [-0.4, -0.2) is 4.57 Å². The Morgan fingerprint density at radius 2 is 2.07 bits per heavy atom. The third-order valence-electron chi connectivity index (χ3n) is 2.78. The number of rotatable bonds is 1. The van der Waals surface area contributed by atoms with Crippen LogP contribution >= 0.6 is 0 Å². The molecule has 0 saturated heterocycles. The number of pyridine rings is 1. The molecule has 0 aliphatic carbocycles. The second-order valence-corrected chi connectivity index (χ2v) is 3.78. The van der Waals surface area contributed by atoms with Gasteiger partial charge in [-0.25, -0.2) is 0 Å². The first-order valence-corrected chi connectivity index (χ1v) is 4.93. The van der Waals surface area contributed by atoms with Gasteiger partial charge in [-0.15, -0.1) is 0 Å². The van der Waals surface area contributed by atoms with E-state index in [9.17, 15) is 4.79 Å². The molecule has 3 heteroatoms. The van der Waals surface area contributed by atoms with Crippen LogP contribution in [0.3, 0.4) is 0 Å². The average molecular weight is 202 g/mol. The molecule has 1 aromatic heterocycles. The summed E-state index contributed by atoms with van der Waals surface area (Å²) in [4.78, 5) is 11.9. The van der Waals surface area contributed by atoms with Crippen molar-refractivity contribution in [1.29, 1.82) is 0 Å². The smallest absolute Gasteiger partial charge is 0.258 e. The van der Waals surface area contributed by atoms with E-state index in [0.717, 1.165) is 22.0 Å². The first kappa shape index (κ1) is 9.93. The van der Waals surface area contributed by atoms with Crippen molar-refractivity contribution < 1.29 is 0 Å². The van der Waals surface area contributed by atoms with Crippen LogP contribution in [-0.2, 0) is 13.6 Å². The Labute approximate surface area is 88.1 Å². The molecule has 0 bridgehead atoms. The topological polar surface area (TPSA) is 48.0 Å². The average Bonchev–Trinajstić information content (AvgIpc) is 2.25. The van der Waals surface area contributed by atoms with Crippen molar-refractivity contribution in [3.63, 3.8) is 0 Å². The van der Waals surface area contributed by atoms with Gasteiger partial charge in [0.15, 0.2) is 0 Å². The van der Waals surface area contributed by atoms with E-state index in [1.807, 2.05) is 31.2 Å². The highest BCUT2D eigenvalue weighted by Crippen LogP contribution is 2.13. The van der Waals surface area contributed by atoms with Crippen LogP contribution in [0.25, 0.3) is 10.8 Å².